The van der Waals surface area contributed by atoms with Crippen LogP contribution in [0.15, 0.2) is 158 Å². The quantitative estimate of drug-likeness (QED) is 0.154. The van der Waals surface area contributed by atoms with Gasteiger partial charge in [-0.1, -0.05) is 181 Å². The van der Waals surface area contributed by atoms with Crippen LogP contribution in [0, 0.1) is 6.85 Å². The van der Waals surface area contributed by atoms with Crippen molar-refractivity contribution in [2.45, 2.75) is 174 Å². The fraction of sp³-hybridized carbons (Fsp3) is 0.351. The standard InChI is InChI=1S/C77H82BN3S/c1-47-29-30-48(2)56-46-67-57(45-55(47)56)71-72(82-67)78-61-41-51(73(4,5)6)31-35-63(61)81(64-36-34-59-69(68(64)50-24-17-15-18-25-50)77(13,14)40-39-75(59,9)10)66-44-54(79(52-26-19-16-20-27-52)62-28-22-21-23-49(62)3)43-65(70(66)78)80(71)53-32-33-58-60(42-53)76(11,12)38-37-74(58,7)8/h15-28,31-36,41-48H,29-30,37-40H2,1-14H3/i3D3. The lowest BCUT2D eigenvalue weighted by atomic mass is 9.36. The minimum Gasteiger partial charge on any atom is -0.311 e. The van der Waals surface area contributed by atoms with E-state index in [1.54, 1.807) is 6.07 Å². The molecule has 3 heterocycles. The van der Waals surface area contributed by atoms with Crippen molar-refractivity contribution >= 4 is 95.0 Å². The molecule has 1 aromatic heterocycles. The van der Waals surface area contributed by atoms with Crippen molar-refractivity contribution in [3.63, 3.8) is 0 Å². The summed E-state index contributed by atoms with van der Waals surface area (Å²) < 4.78 is 30.1. The molecular formula is C77H82BN3S. The van der Waals surface area contributed by atoms with E-state index in [0.717, 1.165) is 59.8 Å². The van der Waals surface area contributed by atoms with Crippen molar-refractivity contribution in [3.8, 4) is 11.1 Å². The molecule has 2 aliphatic heterocycles. The van der Waals surface area contributed by atoms with Crippen LogP contribution in [0.2, 0.25) is 0 Å². The number of hydrogen-bond acceptors (Lipinski definition) is 4. The van der Waals surface area contributed by atoms with Gasteiger partial charge in [-0.2, -0.15) is 0 Å². The Morgan fingerprint density at radius 2 is 1.16 bits per heavy atom. The molecule has 0 saturated heterocycles. The Bertz CT molecular complexity index is 4180. The van der Waals surface area contributed by atoms with Gasteiger partial charge in [0.05, 0.1) is 17.1 Å². The molecule has 14 rings (SSSR count). The lowest BCUT2D eigenvalue weighted by molar-refractivity contribution is 0.332. The van der Waals surface area contributed by atoms with E-state index < -0.39 is 6.85 Å². The van der Waals surface area contributed by atoms with Gasteiger partial charge in [-0.3, -0.25) is 0 Å². The fourth-order valence-electron chi connectivity index (χ4n) is 15.6. The van der Waals surface area contributed by atoms with Gasteiger partial charge >= 0.3 is 0 Å². The highest BCUT2D eigenvalue weighted by Gasteiger charge is 2.49. The molecule has 0 saturated carbocycles. The summed E-state index contributed by atoms with van der Waals surface area (Å²) in [6.45, 7) is 29.0. The average Bonchev–Trinajstić information content (AvgIpc) is 1.70. The van der Waals surface area contributed by atoms with Crippen LogP contribution in [-0.2, 0) is 27.1 Å². The monoisotopic (exact) mass is 1090 g/mol. The van der Waals surface area contributed by atoms with Gasteiger partial charge in [-0.25, -0.2) is 0 Å². The first-order valence-corrected chi connectivity index (χ1v) is 31.4. The normalized spacial score (nSPS) is 20.3. The molecule has 9 aromatic rings. The van der Waals surface area contributed by atoms with Crippen LogP contribution >= 0.6 is 11.3 Å². The molecule has 2 unspecified atom stereocenters. The van der Waals surface area contributed by atoms with E-state index in [4.69, 9.17) is 4.11 Å². The maximum absolute atomic E-state index is 9.13. The lowest BCUT2D eigenvalue weighted by Crippen LogP contribution is -2.60. The Labute approximate surface area is 498 Å². The zero-order chi connectivity index (χ0) is 59.7. The van der Waals surface area contributed by atoms with E-state index in [2.05, 4.69) is 238 Å². The van der Waals surface area contributed by atoms with Gasteiger partial charge in [0.1, 0.15) is 0 Å². The highest BCUT2D eigenvalue weighted by molar-refractivity contribution is 7.33. The summed E-state index contributed by atoms with van der Waals surface area (Å²) in [6, 6.07) is 59.2. The predicted molar refractivity (Wildman–Crippen MR) is 356 cm³/mol. The Hall–Kier alpha value is -6.82. The van der Waals surface area contributed by atoms with E-state index in [0.29, 0.717) is 23.1 Å². The molecule has 3 nitrogen and oxygen atoms in total. The van der Waals surface area contributed by atoms with Gasteiger partial charge in [0.25, 0.3) is 6.71 Å². The number of anilines is 9. The molecule has 5 aliphatic rings. The van der Waals surface area contributed by atoms with Crippen molar-refractivity contribution in [1.29, 1.82) is 0 Å². The van der Waals surface area contributed by atoms with E-state index in [1.165, 1.54) is 100 Å². The molecule has 0 amide bonds. The van der Waals surface area contributed by atoms with Gasteiger partial charge < -0.3 is 14.7 Å². The molecule has 2 atom stereocenters. The van der Waals surface area contributed by atoms with Crippen LogP contribution in [-0.4, -0.2) is 6.71 Å². The van der Waals surface area contributed by atoms with E-state index in [9.17, 15) is 0 Å². The molecule has 0 bridgehead atoms. The Morgan fingerprint density at radius 3 is 1.85 bits per heavy atom. The second-order valence-corrected chi connectivity index (χ2v) is 30.0. The third-order valence-corrected chi connectivity index (χ3v) is 21.8. The molecule has 8 aromatic carbocycles. The maximum atomic E-state index is 9.13. The Balaban J connectivity index is 1.19. The van der Waals surface area contributed by atoms with Crippen molar-refractivity contribution < 1.29 is 4.11 Å². The molecule has 0 N–H and O–H groups in total. The van der Waals surface area contributed by atoms with Gasteiger partial charge in [-0.15, -0.1) is 11.3 Å². The minimum absolute atomic E-state index is 0.0258. The SMILES string of the molecule is [2H]C([2H])([2H])c1ccccc1N(c1ccccc1)c1cc2c3c(c1)N(c1ccc4c(c1)C(C)(C)CCC4(C)C)c1c(sc4cc5c(cc14)C(C)CCC5C)B3c1cc(C(C)(C)C)ccc1N2c1ccc2c(c1-c1ccccc1)C(C)(C)CCC2(C)C. The second kappa shape index (κ2) is 18.6. The Kier molecular flexibility index (Phi) is 11.3. The van der Waals surface area contributed by atoms with Crippen molar-refractivity contribution in [1.82, 2.24) is 0 Å². The van der Waals surface area contributed by atoms with E-state index >= 15 is 0 Å². The number of rotatable bonds is 6. The third kappa shape index (κ3) is 8.16. The smallest absolute Gasteiger partial charge is 0.264 e. The van der Waals surface area contributed by atoms with Crippen LogP contribution in [0.4, 0.5) is 51.2 Å². The fourth-order valence-corrected chi connectivity index (χ4v) is 16.9. The minimum atomic E-state index is -2.39. The molecule has 5 heteroatoms. The molecule has 3 aliphatic carbocycles. The van der Waals surface area contributed by atoms with Crippen molar-refractivity contribution in [2.75, 3.05) is 14.7 Å². The van der Waals surface area contributed by atoms with Gasteiger partial charge in [-0.05, 0) is 212 Å². The summed E-state index contributed by atoms with van der Waals surface area (Å²) in [5, 5.41) is 1.31. The summed E-state index contributed by atoms with van der Waals surface area (Å²) in [4.78, 5) is 7.56. The second-order valence-electron chi connectivity index (χ2n) is 28.9. The summed E-state index contributed by atoms with van der Waals surface area (Å²) in [5.41, 5.74) is 24.4. The van der Waals surface area contributed by atoms with Gasteiger partial charge in [0.15, 0.2) is 0 Å². The molecule has 0 radical (unpaired) electrons. The van der Waals surface area contributed by atoms with Crippen LogP contribution in [0.1, 0.15) is 189 Å². The maximum Gasteiger partial charge on any atom is 0.264 e. The number of hydrogen-bond donors (Lipinski definition) is 0. The Morgan fingerprint density at radius 1 is 0.561 bits per heavy atom. The van der Waals surface area contributed by atoms with Crippen LogP contribution in [0.3, 0.4) is 0 Å². The van der Waals surface area contributed by atoms with Crippen LogP contribution < -0.4 is 30.4 Å². The summed E-state index contributed by atoms with van der Waals surface area (Å²) in [6.07, 6.45) is 6.80. The third-order valence-electron chi connectivity index (χ3n) is 20.6. The topological polar surface area (TPSA) is 9.72 Å². The van der Waals surface area contributed by atoms with Crippen molar-refractivity contribution in [2.24, 2.45) is 0 Å². The first kappa shape index (κ1) is 49.8. The highest BCUT2D eigenvalue weighted by atomic mass is 32.1. The van der Waals surface area contributed by atoms with Gasteiger partial charge in [0.2, 0.25) is 0 Å². The zero-order valence-corrected chi connectivity index (χ0v) is 51.6. The summed E-state index contributed by atoms with van der Waals surface area (Å²) >= 11 is 2.01. The number of para-hydroxylation sites is 2. The molecule has 0 spiro atoms. The zero-order valence-electron chi connectivity index (χ0n) is 53.7. The van der Waals surface area contributed by atoms with Gasteiger partial charge in [0, 0.05) is 58.7 Å². The molecular weight excluding hydrogens is 1010 g/mol. The summed E-state index contributed by atoms with van der Waals surface area (Å²) in [5.74, 6) is 0.928. The van der Waals surface area contributed by atoms with Crippen molar-refractivity contribution in [3.05, 3.63) is 202 Å². The number of nitrogens with zero attached hydrogens (tertiary/aromatic N) is 3. The molecule has 82 heavy (non-hydrogen) atoms. The van der Waals surface area contributed by atoms with E-state index in [-0.39, 0.29) is 33.8 Å². The highest BCUT2D eigenvalue weighted by Crippen LogP contribution is 2.58. The first-order chi connectivity index (χ1) is 40.2. The average molecular weight is 1100 g/mol. The lowest BCUT2D eigenvalue weighted by Gasteiger charge is -2.47. The number of aryl methyl sites for hydroxylation is 1. The number of fused-ring (bicyclic) bond motifs is 9. The first-order valence-electron chi connectivity index (χ1n) is 32.1. The van der Waals surface area contributed by atoms with E-state index in [1.807, 2.05) is 29.5 Å². The largest absolute Gasteiger partial charge is 0.311 e. The van der Waals surface area contributed by atoms with Crippen LogP contribution in [0.5, 0.6) is 0 Å². The summed E-state index contributed by atoms with van der Waals surface area (Å²) in [7, 11) is 0. The molecule has 0 fully saturated rings. The number of benzene rings is 8. The molecule has 414 valence electrons. The predicted octanol–water partition coefficient (Wildman–Crippen LogP) is 20.4. The number of thiophene rings is 1. The van der Waals surface area contributed by atoms with Crippen LogP contribution in [0.25, 0.3) is 21.2 Å².